The summed E-state index contributed by atoms with van der Waals surface area (Å²) in [6.45, 7) is 0. The SMILES string of the molecule is O=C(O)CCCC(=O)N1N=C(c2c(-c3ccc(Cl)cc3)c3ccccc3[nH]c2=O)CC1c1ccccn1. The molecule has 2 N–H and O–H groups in total. The van der Waals surface area contributed by atoms with Crippen molar-refractivity contribution in [1.29, 1.82) is 0 Å². The number of aliphatic carboxylic acids is 1. The summed E-state index contributed by atoms with van der Waals surface area (Å²) in [5.41, 5.74) is 3.34. The van der Waals surface area contributed by atoms with Crippen LogP contribution in [0.25, 0.3) is 22.0 Å². The van der Waals surface area contributed by atoms with Crippen molar-refractivity contribution in [2.45, 2.75) is 31.7 Å². The molecule has 186 valence electrons. The van der Waals surface area contributed by atoms with Gasteiger partial charge in [-0.1, -0.05) is 48.0 Å². The number of carboxylic acids is 1. The summed E-state index contributed by atoms with van der Waals surface area (Å²) in [6.07, 6.45) is 2.02. The van der Waals surface area contributed by atoms with E-state index in [9.17, 15) is 14.4 Å². The number of carboxylic acid groups (broad SMARTS) is 1. The average molecular weight is 515 g/mol. The van der Waals surface area contributed by atoms with Gasteiger partial charge in [0.05, 0.1) is 17.0 Å². The monoisotopic (exact) mass is 514 g/mol. The fourth-order valence-electron chi connectivity index (χ4n) is 4.64. The van der Waals surface area contributed by atoms with E-state index in [0.717, 1.165) is 10.9 Å². The highest BCUT2D eigenvalue weighted by molar-refractivity contribution is 6.30. The van der Waals surface area contributed by atoms with Crippen LogP contribution in [-0.2, 0) is 9.59 Å². The van der Waals surface area contributed by atoms with Crippen LogP contribution in [0.15, 0.2) is 82.8 Å². The number of halogens is 1. The minimum atomic E-state index is -0.963. The number of benzene rings is 2. The highest BCUT2D eigenvalue weighted by Crippen LogP contribution is 2.37. The lowest BCUT2D eigenvalue weighted by molar-refractivity contribution is -0.137. The zero-order valence-electron chi connectivity index (χ0n) is 19.7. The van der Waals surface area contributed by atoms with Crippen LogP contribution in [0.5, 0.6) is 0 Å². The summed E-state index contributed by atoms with van der Waals surface area (Å²) in [7, 11) is 0. The Bertz CT molecular complexity index is 1570. The molecular weight excluding hydrogens is 492 g/mol. The maximum atomic E-state index is 13.5. The Morgan fingerprint density at radius 3 is 2.49 bits per heavy atom. The summed E-state index contributed by atoms with van der Waals surface area (Å²) < 4.78 is 0. The predicted octanol–water partition coefficient (Wildman–Crippen LogP) is 5.18. The molecule has 0 bridgehead atoms. The molecule has 2 aromatic carbocycles. The quantitative estimate of drug-likeness (QED) is 0.352. The van der Waals surface area contributed by atoms with Gasteiger partial charge in [0.25, 0.3) is 5.56 Å². The van der Waals surface area contributed by atoms with E-state index >= 15 is 0 Å². The molecule has 0 saturated carbocycles. The predicted molar refractivity (Wildman–Crippen MR) is 141 cm³/mol. The van der Waals surface area contributed by atoms with E-state index in [4.69, 9.17) is 16.7 Å². The van der Waals surface area contributed by atoms with E-state index in [1.807, 2.05) is 48.5 Å². The minimum Gasteiger partial charge on any atom is -0.481 e. The van der Waals surface area contributed by atoms with Gasteiger partial charge in [-0.25, -0.2) is 5.01 Å². The van der Waals surface area contributed by atoms with Gasteiger partial charge < -0.3 is 10.1 Å². The molecule has 37 heavy (non-hydrogen) atoms. The van der Waals surface area contributed by atoms with E-state index in [1.165, 1.54) is 5.01 Å². The molecule has 9 heteroatoms. The van der Waals surface area contributed by atoms with Crippen molar-refractivity contribution in [3.05, 3.63) is 99.6 Å². The third kappa shape index (κ3) is 5.01. The summed E-state index contributed by atoms with van der Waals surface area (Å²) in [6, 6.07) is 19.7. The van der Waals surface area contributed by atoms with Gasteiger partial charge in [0.2, 0.25) is 5.91 Å². The normalized spacial score (nSPS) is 15.1. The highest BCUT2D eigenvalue weighted by Gasteiger charge is 2.35. The number of carbonyl (C=O) groups excluding carboxylic acids is 1. The summed E-state index contributed by atoms with van der Waals surface area (Å²) in [5, 5.41) is 16.4. The second kappa shape index (κ2) is 10.4. The number of nitrogens with one attached hydrogen (secondary N) is 1. The van der Waals surface area contributed by atoms with Gasteiger partial charge in [0.1, 0.15) is 6.04 Å². The fourth-order valence-corrected chi connectivity index (χ4v) is 4.76. The Hall–Kier alpha value is -4.30. The first-order chi connectivity index (χ1) is 17.9. The van der Waals surface area contributed by atoms with E-state index in [1.54, 1.807) is 24.4 Å². The molecule has 1 atom stereocenters. The zero-order chi connectivity index (χ0) is 25.9. The van der Waals surface area contributed by atoms with Crippen molar-refractivity contribution in [2.24, 2.45) is 5.10 Å². The van der Waals surface area contributed by atoms with E-state index in [-0.39, 0.29) is 37.1 Å². The summed E-state index contributed by atoms with van der Waals surface area (Å²) in [4.78, 5) is 45.0. The Morgan fingerprint density at radius 1 is 1.00 bits per heavy atom. The summed E-state index contributed by atoms with van der Waals surface area (Å²) in [5.74, 6) is -1.29. The number of rotatable bonds is 7. The second-order valence-corrected chi connectivity index (χ2v) is 9.20. The molecule has 0 saturated heterocycles. The highest BCUT2D eigenvalue weighted by atomic mass is 35.5. The molecule has 5 rings (SSSR count). The molecule has 0 fully saturated rings. The summed E-state index contributed by atoms with van der Waals surface area (Å²) >= 11 is 6.14. The van der Waals surface area contributed by atoms with Crippen LogP contribution in [0.3, 0.4) is 0 Å². The largest absolute Gasteiger partial charge is 0.481 e. The first-order valence-corrected chi connectivity index (χ1v) is 12.2. The number of carbonyl (C=O) groups is 2. The first kappa shape index (κ1) is 24.4. The van der Waals surface area contributed by atoms with Crippen LogP contribution in [-0.4, -0.2) is 37.7 Å². The number of amides is 1. The van der Waals surface area contributed by atoms with Gasteiger partial charge in [-0.2, -0.15) is 5.10 Å². The number of hydrazone groups is 1. The van der Waals surface area contributed by atoms with Crippen LogP contribution in [0.4, 0.5) is 0 Å². The molecule has 4 aromatic rings. The molecule has 1 aliphatic rings. The third-order valence-electron chi connectivity index (χ3n) is 6.32. The number of pyridine rings is 2. The van der Waals surface area contributed by atoms with Gasteiger partial charge >= 0.3 is 5.97 Å². The molecule has 0 aliphatic carbocycles. The number of aromatic amines is 1. The molecule has 0 radical (unpaired) electrons. The van der Waals surface area contributed by atoms with E-state index in [2.05, 4.69) is 15.1 Å². The molecule has 1 unspecified atom stereocenters. The third-order valence-corrected chi connectivity index (χ3v) is 6.57. The minimum absolute atomic E-state index is 0.0184. The number of aromatic nitrogens is 2. The van der Waals surface area contributed by atoms with Crippen molar-refractivity contribution in [3.63, 3.8) is 0 Å². The number of fused-ring (bicyclic) bond motifs is 1. The molecule has 1 aliphatic heterocycles. The van der Waals surface area contributed by atoms with Gasteiger partial charge in [0.15, 0.2) is 0 Å². The topological polar surface area (TPSA) is 116 Å². The van der Waals surface area contributed by atoms with E-state index in [0.29, 0.717) is 33.1 Å². The Morgan fingerprint density at radius 2 is 1.76 bits per heavy atom. The number of para-hydroxylation sites is 1. The first-order valence-electron chi connectivity index (χ1n) is 11.9. The van der Waals surface area contributed by atoms with Crippen molar-refractivity contribution in [1.82, 2.24) is 15.0 Å². The van der Waals surface area contributed by atoms with Crippen LogP contribution >= 0.6 is 11.6 Å². The van der Waals surface area contributed by atoms with Crippen LogP contribution in [0.2, 0.25) is 5.02 Å². The number of hydrogen-bond donors (Lipinski definition) is 2. The van der Waals surface area contributed by atoms with Crippen molar-refractivity contribution in [3.8, 4) is 11.1 Å². The fraction of sp³-hybridized carbons (Fsp3) is 0.179. The standard InChI is InChI=1S/C28H23ClN4O4/c29-18-13-11-17(12-14-18)26-19-6-1-2-7-20(19)31-28(37)27(26)22-16-23(21-8-3-4-15-30-21)33(32-22)24(34)9-5-10-25(35)36/h1-4,6-8,11-15,23H,5,9-10,16H2,(H,31,37)(H,35,36). The van der Waals surface area contributed by atoms with Crippen molar-refractivity contribution >= 4 is 40.1 Å². The van der Waals surface area contributed by atoms with Crippen LogP contribution in [0, 0.1) is 0 Å². The maximum Gasteiger partial charge on any atom is 0.303 e. The lowest BCUT2D eigenvalue weighted by Gasteiger charge is -2.21. The van der Waals surface area contributed by atoms with Crippen LogP contribution in [0.1, 0.15) is 43.0 Å². The molecule has 1 amide bonds. The molecular formula is C28H23ClN4O4. The molecule has 2 aromatic heterocycles. The lowest BCUT2D eigenvalue weighted by Crippen LogP contribution is -2.27. The number of hydrogen-bond acceptors (Lipinski definition) is 5. The Balaban J connectivity index is 1.65. The maximum absolute atomic E-state index is 13.5. The molecule has 3 heterocycles. The Kier molecular flexibility index (Phi) is 6.83. The zero-order valence-corrected chi connectivity index (χ0v) is 20.5. The average Bonchev–Trinajstić information content (AvgIpc) is 3.34. The van der Waals surface area contributed by atoms with Crippen molar-refractivity contribution < 1.29 is 14.7 Å². The van der Waals surface area contributed by atoms with Crippen LogP contribution < -0.4 is 5.56 Å². The van der Waals surface area contributed by atoms with Crippen molar-refractivity contribution in [2.75, 3.05) is 0 Å². The van der Waals surface area contributed by atoms with Gasteiger partial charge in [-0.05, 0) is 42.3 Å². The van der Waals surface area contributed by atoms with Gasteiger partial charge in [-0.15, -0.1) is 0 Å². The Labute approximate surface area is 217 Å². The number of H-pyrrole nitrogens is 1. The smallest absolute Gasteiger partial charge is 0.303 e. The molecule has 0 spiro atoms. The number of nitrogens with zero attached hydrogens (tertiary/aromatic N) is 3. The molecule has 8 nitrogen and oxygen atoms in total. The second-order valence-electron chi connectivity index (χ2n) is 8.76. The van der Waals surface area contributed by atoms with Gasteiger partial charge in [-0.3, -0.25) is 19.4 Å². The van der Waals surface area contributed by atoms with Gasteiger partial charge in [0, 0.05) is 46.9 Å². The van der Waals surface area contributed by atoms with E-state index < -0.39 is 12.0 Å². The lowest BCUT2D eigenvalue weighted by atomic mass is 9.91.